The zero-order valence-electron chi connectivity index (χ0n) is 13.1. The van der Waals surface area contributed by atoms with Gasteiger partial charge in [-0.2, -0.15) is 0 Å². The highest BCUT2D eigenvalue weighted by Gasteiger charge is 2.16. The molecule has 0 aliphatic carbocycles. The normalized spacial score (nSPS) is 13.7. The molecule has 4 heteroatoms. The summed E-state index contributed by atoms with van der Waals surface area (Å²) in [6.07, 6.45) is 5.95. The van der Waals surface area contributed by atoms with E-state index in [1.807, 2.05) is 6.07 Å². The van der Waals surface area contributed by atoms with Crippen LogP contribution in [0.3, 0.4) is 0 Å². The third-order valence-electron chi connectivity index (χ3n) is 4.04. The second-order valence-corrected chi connectivity index (χ2v) is 5.47. The number of ether oxygens (including phenoxy) is 2. The number of methoxy groups -OCH3 is 2. The number of esters is 1. The lowest BCUT2D eigenvalue weighted by atomic mass is 10.0. The number of hydrogen-bond acceptors (Lipinski definition) is 4. The summed E-state index contributed by atoms with van der Waals surface area (Å²) in [5, 5.41) is 0. The molecule has 1 aliphatic heterocycles. The highest BCUT2D eigenvalue weighted by atomic mass is 16.5. The number of aryl methyl sites for hydroxylation is 1. The van der Waals surface area contributed by atoms with Crippen LogP contribution < -0.4 is 9.64 Å². The van der Waals surface area contributed by atoms with Crippen molar-refractivity contribution in [3.63, 3.8) is 0 Å². The Morgan fingerprint density at radius 1 is 1.24 bits per heavy atom. The first-order chi connectivity index (χ1) is 10.2. The van der Waals surface area contributed by atoms with Crippen molar-refractivity contribution < 1.29 is 14.3 Å². The maximum atomic E-state index is 11.1. The van der Waals surface area contributed by atoms with Crippen LogP contribution in [0.1, 0.15) is 37.7 Å². The number of anilines is 1. The van der Waals surface area contributed by atoms with Crippen LogP contribution in [0.15, 0.2) is 18.2 Å². The molecule has 0 N–H and O–H groups in total. The molecule has 21 heavy (non-hydrogen) atoms. The van der Waals surface area contributed by atoms with Crippen molar-refractivity contribution in [2.75, 3.05) is 32.2 Å². The van der Waals surface area contributed by atoms with Gasteiger partial charge in [0.2, 0.25) is 0 Å². The van der Waals surface area contributed by atoms with Crippen LogP contribution in [0.4, 0.5) is 5.69 Å². The molecular weight excluding hydrogens is 266 g/mol. The zero-order valence-corrected chi connectivity index (χ0v) is 13.1. The van der Waals surface area contributed by atoms with Gasteiger partial charge in [0.05, 0.1) is 14.2 Å². The van der Waals surface area contributed by atoms with Crippen LogP contribution in [-0.2, 0) is 16.0 Å². The SMILES string of the molecule is COC(=O)CCCCCN1CCCc2cc(OC)ccc21. The fraction of sp³-hybridized carbons (Fsp3) is 0.588. The van der Waals surface area contributed by atoms with Crippen molar-refractivity contribution in [2.45, 2.75) is 38.5 Å². The van der Waals surface area contributed by atoms with Gasteiger partial charge in [-0.05, 0) is 49.4 Å². The lowest BCUT2D eigenvalue weighted by Crippen LogP contribution is -2.30. The molecule has 0 amide bonds. The smallest absolute Gasteiger partial charge is 0.305 e. The topological polar surface area (TPSA) is 38.8 Å². The fourth-order valence-electron chi connectivity index (χ4n) is 2.86. The molecule has 0 saturated heterocycles. The van der Waals surface area contributed by atoms with Crippen LogP contribution in [0.5, 0.6) is 5.75 Å². The maximum Gasteiger partial charge on any atom is 0.305 e. The number of carbonyl (C=O) groups excluding carboxylic acids is 1. The molecule has 0 bridgehead atoms. The number of unbranched alkanes of at least 4 members (excludes halogenated alkanes) is 2. The van der Waals surface area contributed by atoms with Gasteiger partial charge in [-0.15, -0.1) is 0 Å². The largest absolute Gasteiger partial charge is 0.497 e. The molecule has 0 fully saturated rings. The molecule has 1 aromatic carbocycles. The predicted molar refractivity (Wildman–Crippen MR) is 84.0 cm³/mol. The molecule has 0 unspecified atom stereocenters. The first kappa shape index (κ1) is 15.7. The Hall–Kier alpha value is -1.71. The van der Waals surface area contributed by atoms with E-state index in [1.54, 1.807) is 7.11 Å². The third-order valence-corrected chi connectivity index (χ3v) is 4.04. The van der Waals surface area contributed by atoms with E-state index in [2.05, 4.69) is 21.8 Å². The molecule has 2 rings (SSSR count). The number of rotatable bonds is 7. The van der Waals surface area contributed by atoms with E-state index in [1.165, 1.54) is 24.8 Å². The maximum absolute atomic E-state index is 11.1. The molecule has 1 heterocycles. The molecule has 0 radical (unpaired) electrons. The zero-order chi connectivity index (χ0) is 15.1. The van der Waals surface area contributed by atoms with Crippen molar-refractivity contribution in [2.24, 2.45) is 0 Å². The van der Waals surface area contributed by atoms with Gasteiger partial charge in [-0.25, -0.2) is 0 Å². The van der Waals surface area contributed by atoms with E-state index in [0.29, 0.717) is 6.42 Å². The van der Waals surface area contributed by atoms with Gasteiger partial charge in [-0.3, -0.25) is 4.79 Å². The summed E-state index contributed by atoms with van der Waals surface area (Å²) in [7, 11) is 3.16. The lowest BCUT2D eigenvalue weighted by molar-refractivity contribution is -0.140. The van der Waals surface area contributed by atoms with E-state index >= 15 is 0 Å². The van der Waals surface area contributed by atoms with Gasteiger partial charge in [0.25, 0.3) is 0 Å². The summed E-state index contributed by atoms with van der Waals surface area (Å²) in [6.45, 7) is 2.18. The van der Waals surface area contributed by atoms with Gasteiger partial charge >= 0.3 is 5.97 Å². The summed E-state index contributed by atoms with van der Waals surface area (Å²) < 4.78 is 9.95. The molecule has 0 saturated carbocycles. The van der Waals surface area contributed by atoms with Crippen LogP contribution in [0.25, 0.3) is 0 Å². The van der Waals surface area contributed by atoms with E-state index < -0.39 is 0 Å². The van der Waals surface area contributed by atoms with Crippen LogP contribution >= 0.6 is 0 Å². The van der Waals surface area contributed by atoms with Crippen LogP contribution in [0, 0.1) is 0 Å². The highest BCUT2D eigenvalue weighted by molar-refractivity contribution is 5.69. The van der Waals surface area contributed by atoms with E-state index in [4.69, 9.17) is 4.74 Å². The van der Waals surface area contributed by atoms with Crippen molar-refractivity contribution in [1.29, 1.82) is 0 Å². The average molecular weight is 291 g/mol. The van der Waals surface area contributed by atoms with Gasteiger partial charge in [0, 0.05) is 25.2 Å². The summed E-state index contributed by atoms with van der Waals surface area (Å²) in [5.41, 5.74) is 2.73. The van der Waals surface area contributed by atoms with E-state index in [9.17, 15) is 4.79 Å². The second-order valence-electron chi connectivity index (χ2n) is 5.47. The minimum Gasteiger partial charge on any atom is -0.497 e. The molecule has 116 valence electrons. The molecular formula is C17H25NO3. The molecule has 0 atom stereocenters. The van der Waals surface area contributed by atoms with Gasteiger partial charge in [0.1, 0.15) is 5.75 Å². The Labute approximate surface area is 127 Å². The fourth-order valence-corrected chi connectivity index (χ4v) is 2.86. The second kappa shape index (κ2) is 7.91. The Morgan fingerprint density at radius 3 is 2.86 bits per heavy atom. The average Bonchev–Trinajstić information content (AvgIpc) is 2.53. The minimum atomic E-state index is -0.106. The summed E-state index contributed by atoms with van der Waals surface area (Å²) in [5.74, 6) is 0.832. The Morgan fingerprint density at radius 2 is 2.10 bits per heavy atom. The summed E-state index contributed by atoms with van der Waals surface area (Å²) >= 11 is 0. The number of benzene rings is 1. The number of hydrogen-bond donors (Lipinski definition) is 0. The molecule has 1 aliphatic rings. The number of fused-ring (bicyclic) bond motifs is 1. The summed E-state index contributed by atoms with van der Waals surface area (Å²) in [6, 6.07) is 6.36. The Bertz CT molecular complexity index is 473. The number of carbonyl (C=O) groups is 1. The predicted octanol–water partition coefficient (Wildman–Crippen LogP) is 3.18. The van der Waals surface area contributed by atoms with Gasteiger partial charge < -0.3 is 14.4 Å². The first-order valence-electron chi connectivity index (χ1n) is 7.73. The standard InChI is InChI=1S/C17H25NO3/c1-20-15-9-10-16-14(13-15)7-6-12-18(16)11-5-3-4-8-17(19)21-2/h9-10,13H,3-8,11-12H2,1-2H3. The Balaban J connectivity index is 1.82. The van der Waals surface area contributed by atoms with Crippen molar-refractivity contribution >= 4 is 11.7 Å². The van der Waals surface area contributed by atoms with Crippen LogP contribution in [-0.4, -0.2) is 33.3 Å². The monoisotopic (exact) mass is 291 g/mol. The molecule has 1 aromatic rings. The molecule has 0 aromatic heterocycles. The van der Waals surface area contributed by atoms with Crippen molar-refractivity contribution in [1.82, 2.24) is 0 Å². The van der Waals surface area contributed by atoms with Gasteiger partial charge in [-0.1, -0.05) is 6.42 Å². The first-order valence-corrected chi connectivity index (χ1v) is 7.73. The summed E-state index contributed by atoms with van der Waals surface area (Å²) in [4.78, 5) is 13.5. The lowest BCUT2D eigenvalue weighted by Gasteiger charge is -2.31. The van der Waals surface area contributed by atoms with E-state index in [0.717, 1.165) is 44.5 Å². The van der Waals surface area contributed by atoms with E-state index in [-0.39, 0.29) is 5.97 Å². The van der Waals surface area contributed by atoms with Crippen molar-refractivity contribution in [3.8, 4) is 5.75 Å². The molecule has 4 nitrogen and oxygen atoms in total. The number of nitrogens with zero attached hydrogens (tertiary/aromatic N) is 1. The third kappa shape index (κ3) is 4.38. The Kier molecular flexibility index (Phi) is 5.90. The van der Waals surface area contributed by atoms with Crippen molar-refractivity contribution in [3.05, 3.63) is 23.8 Å². The van der Waals surface area contributed by atoms with Crippen LogP contribution in [0.2, 0.25) is 0 Å². The highest BCUT2D eigenvalue weighted by Crippen LogP contribution is 2.30. The van der Waals surface area contributed by atoms with Gasteiger partial charge in [0.15, 0.2) is 0 Å². The molecule has 0 spiro atoms. The quantitative estimate of drug-likeness (QED) is 0.571. The minimum absolute atomic E-state index is 0.106.